The van der Waals surface area contributed by atoms with Crippen LogP contribution in [0.25, 0.3) is 10.9 Å². The number of aromatic nitrogens is 2. The number of ether oxygens (including phenoxy) is 5. The molecule has 1 N–H and O–H groups in total. The van der Waals surface area contributed by atoms with Crippen LogP contribution in [0.3, 0.4) is 0 Å². The molecule has 1 unspecified atom stereocenters. The number of benzene rings is 3. The van der Waals surface area contributed by atoms with E-state index in [0.717, 1.165) is 5.56 Å². The first-order valence-electron chi connectivity index (χ1n) is 13.9. The van der Waals surface area contributed by atoms with Gasteiger partial charge in [-0.1, -0.05) is 36.9 Å². The Bertz CT molecular complexity index is 1640. The molecule has 43 heavy (non-hydrogen) atoms. The summed E-state index contributed by atoms with van der Waals surface area (Å²) in [7, 11) is 6.21. The van der Waals surface area contributed by atoms with Gasteiger partial charge in [0.05, 0.1) is 56.9 Å². The van der Waals surface area contributed by atoms with E-state index in [2.05, 4.69) is 5.32 Å². The highest BCUT2D eigenvalue weighted by molar-refractivity contribution is 8.00. The molecule has 228 valence electrons. The molecule has 4 rings (SSSR count). The van der Waals surface area contributed by atoms with Crippen LogP contribution >= 0.6 is 11.8 Å². The van der Waals surface area contributed by atoms with Gasteiger partial charge in [0.1, 0.15) is 5.75 Å². The number of amides is 1. The lowest BCUT2D eigenvalue weighted by Gasteiger charge is -2.19. The van der Waals surface area contributed by atoms with Gasteiger partial charge in [-0.25, -0.2) is 4.98 Å². The molecule has 1 aromatic heterocycles. The van der Waals surface area contributed by atoms with Crippen molar-refractivity contribution in [3.63, 3.8) is 0 Å². The van der Waals surface area contributed by atoms with Gasteiger partial charge in [-0.15, -0.1) is 0 Å². The number of hydrogen-bond donors (Lipinski definition) is 1. The zero-order valence-corrected chi connectivity index (χ0v) is 26.1. The fourth-order valence-electron chi connectivity index (χ4n) is 4.61. The largest absolute Gasteiger partial charge is 0.493 e. The molecule has 4 aromatic rings. The Morgan fingerprint density at radius 1 is 0.884 bits per heavy atom. The summed E-state index contributed by atoms with van der Waals surface area (Å²) in [5, 5.41) is 3.26. The van der Waals surface area contributed by atoms with E-state index in [9.17, 15) is 9.59 Å². The molecule has 3 aromatic carbocycles. The van der Waals surface area contributed by atoms with Gasteiger partial charge in [0.25, 0.3) is 5.56 Å². The van der Waals surface area contributed by atoms with Crippen molar-refractivity contribution >= 4 is 34.3 Å². The van der Waals surface area contributed by atoms with Crippen LogP contribution in [-0.4, -0.2) is 55.8 Å². The predicted molar refractivity (Wildman–Crippen MR) is 169 cm³/mol. The Labute approximate surface area is 255 Å². The molecule has 0 aliphatic rings. The second-order valence-electron chi connectivity index (χ2n) is 9.45. The molecule has 0 fully saturated rings. The first-order valence-corrected chi connectivity index (χ1v) is 14.8. The summed E-state index contributed by atoms with van der Waals surface area (Å²) in [5.74, 6) is 2.49. The van der Waals surface area contributed by atoms with Crippen LogP contribution in [0.4, 0.5) is 5.69 Å². The predicted octanol–water partition coefficient (Wildman–Crippen LogP) is 5.58. The summed E-state index contributed by atoms with van der Waals surface area (Å²) in [5.41, 5.74) is 1.74. The fourth-order valence-corrected chi connectivity index (χ4v) is 5.65. The Kier molecular flexibility index (Phi) is 10.8. The molecule has 0 saturated heterocycles. The van der Waals surface area contributed by atoms with Gasteiger partial charge in [-0.05, 0) is 55.7 Å². The van der Waals surface area contributed by atoms with Gasteiger partial charge in [0, 0.05) is 12.6 Å². The normalized spacial score (nSPS) is 11.6. The van der Waals surface area contributed by atoms with Gasteiger partial charge >= 0.3 is 0 Å². The zero-order chi connectivity index (χ0) is 30.9. The Morgan fingerprint density at radius 2 is 1.56 bits per heavy atom. The van der Waals surface area contributed by atoms with Crippen molar-refractivity contribution in [2.75, 3.05) is 40.4 Å². The van der Waals surface area contributed by atoms with Gasteiger partial charge in [-0.3, -0.25) is 14.2 Å². The minimum Gasteiger partial charge on any atom is -0.493 e. The van der Waals surface area contributed by atoms with E-state index in [1.165, 1.54) is 26.0 Å². The number of aryl methyl sites for hydroxylation is 1. The van der Waals surface area contributed by atoms with Crippen LogP contribution < -0.4 is 34.6 Å². The van der Waals surface area contributed by atoms with Crippen LogP contribution in [0.2, 0.25) is 0 Å². The SMILES string of the molecule is CCOc1ccccc1NC(=O)C(CC)Sc1nc2cc(OC)c(OC)cc2c(=O)n1CCc1ccc(OC)c(OC)c1. The third kappa shape index (κ3) is 7.16. The van der Waals surface area contributed by atoms with Crippen LogP contribution in [0, 0.1) is 0 Å². The minimum absolute atomic E-state index is 0.215. The second kappa shape index (κ2) is 14.7. The first kappa shape index (κ1) is 31.6. The highest BCUT2D eigenvalue weighted by atomic mass is 32.2. The van der Waals surface area contributed by atoms with Crippen molar-refractivity contribution in [2.45, 2.75) is 43.6 Å². The molecular formula is C32H37N3O7S. The van der Waals surface area contributed by atoms with Crippen molar-refractivity contribution in [3.05, 3.63) is 70.5 Å². The van der Waals surface area contributed by atoms with Gasteiger partial charge in [0.2, 0.25) is 5.91 Å². The number of carbonyl (C=O) groups is 1. The third-order valence-electron chi connectivity index (χ3n) is 6.85. The number of anilines is 1. The Hall–Kier alpha value is -4.38. The lowest BCUT2D eigenvalue weighted by atomic mass is 10.1. The maximum atomic E-state index is 14.0. The fraction of sp³-hybridized carbons (Fsp3) is 0.344. The Balaban J connectivity index is 1.73. The number of rotatable bonds is 14. The van der Waals surface area contributed by atoms with E-state index in [4.69, 9.17) is 28.7 Å². The van der Waals surface area contributed by atoms with E-state index in [0.29, 0.717) is 76.5 Å². The molecule has 0 saturated carbocycles. The molecule has 0 aliphatic carbocycles. The molecule has 1 amide bonds. The van der Waals surface area contributed by atoms with Gasteiger partial charge in [0.15, 0.2) is 28.2 Å². The summed E-state index contributed by atoms with van der Waals surface area (Å²) in [6.45, 7) is 4.60. The summed E-state index contributed by atoms with van der Waals surface area (Å²) in [6, 6.07) is 16.3. The molecule has 1 atom stereocenters. The van der Waals surface area contributed by atoms with Crippen molar-refractivity contribution in [1.29, 1.82) is 0 Å². The minimum atomic E-state index is -0.536. The number of nitrogens with zero attached hydrogens (tertiary/aromatic N) is 2. The van der Waals surface area contributed by atoms with Crippen LogP contribution in [0.5, 0.6) is 28.7 Å². The maximum absolute atomic E-state index is 14.0. The van der Waals surface area contributed by atoms with Crippen LogP contribution in [-0.2, 0) is 17.8 Å². The lowest BCUT2D eigenvalue weighted by Crippen LogP contribution is -2.29. The Morgan fingerprint density at radius 3 is 2.23 bits per heavy atom. The van der Waals surface area contributed by atoms with E-state index in [1.54, 1.807) is 37.0 Å². The number of carbonyl (C=O) groups excluding carboxylic acids is 1. The topological polar surface area (TPSA) is 110 Å². The molecule has 0 radical (unpaired) electrons. The third-order valence-corrected chi connectivity index (χ3v) is 8.21. The molecule has 0 spiro atoms. The molecule has 11 heteroatoms. The molecular weight excluding hydrogens is 570 g/mol. The van der Waals surface area contributed by atoms with Crippen molar-refractivity contribution in [2.24, 2.45) is 0 Å². The summed E-state index contributed by atoms with van der Waals surface area (Å²) < 4.78 is 29.0. The monoisotopic (exact) mass is 607 g/mol. The van der Waals surface area contributed by atoms with E-state index in [1.807, 2.05) is 50.2 Å². The standard InChI is InChI=1S/C32H37N3O7S/c1-7-29(30(36)33-22-11-9-10-12-24(22)42-8-2)43-32-34-23-19-28(41-6)27(40-5)18-21(23)31(37)35(32)16-15-20-13-14-25(38-3)26(17-20)39-4/h9-14,17-19,29H,7-8,15-16H2,1-6H3,(H,33,36). The number of nitrogens with one attached hydrogen (secondary N) is 1. The van der Waals surface area contributed by atoms with E-state index in [-0.39, 0.29) is 11.5 Å². The quantitative estimate of drug-likeness (QED) is 0.145. The van der Waals surface area contributed by atoms with Gasteiger partial charge < -0.3 is 29.0 Å². The average Bonchev–Trinajstić information content (AvgIpc) is 3.03. The van der Waals surface area contributed by atoms with E-state index < -0.39 is 5.25 Å². The number of hydrogen-bond acceptors (Lipinski definition) is 9. The summed E-state index contributed by atoms with van der Waals surface area (Å²) in [4.78, 5) is 32.3. The highest BCUT2D eigenvalue weighted by Gasteiger charge is 2.24. The zero-order valence-electron chi connectivity index (χ0n) is 25.3. The number of para-hydroxylation sites is 2. The van der Waals surface area contributed by atoms with Gasteiger partial charge in [-0.2, -0.15) is 0 Å². The number of thioether (sulfide) groups is 1. The molecule has 1 heterocycles. The molecule has 10 nitrogen and oxygen atoms in total. The highest BCUT2D eigenvalue weighted by Crippen LogP contribution is 2.33. The van der Waals surface area contributed by atoms with Crippen molar-refractivity contribution < 1.29 is 28.5 Å². The van der Waals surface area contributed by atoms with Crippen molar-refractivity contribution in [1.82, 2.24) is 9.55 Å². The first-order chi connectivity index (χ1) is 20.9. The molecule has 0 aliphatic heterocycles. The lowest BCUT2D eigenvalue weighted by molar-refractivity contribution is -0.115. The van der Waals surface area contributed by atoms with E-state index >= 15 is 0 Å². The number of fused-ring (bicyclic) bond motifs is 1. The number of methoxy groups -OCH3 is 4. The summed E-state index contributed by atoms with van der Waals surface area (Å²) in [6.07, 6.45) is 1.02. The van der Waals surface area contributed by atoms with Crippen LogP contribution in [0.15, 0.2) is 64.5 Å². The maximum Gasteiger partial charge on any atom is 0.262 e. The van der Waals surface area contributed by atoms with Crippen molar-refractivity contribution in [3.8, 4) is 28.7 Å². The van der Waals surface area contributed by atoms with Crippen LogP contribution in [0.1, 0.15) is 25.8 Å². The smallest absolute Gasteiger partial charge is 0.262 e. The molecule has 0 bridgehead atoms. The second-order valence-corrected chi connectivity index (χ2v) is 10.6. The summed E-state index contributed by atoms with van der Waals surface area (Å²) >= 11 is 1.25. The average molecular weight is 608 g/mol.